The van der Waals surface area contributed by atoms with Crippen LogP contribution in [0.15, 0.2) is 72.8 Å². The molecule has 0 aliphatic carbocycles. The summed E-state index contributed by atoms with van der Waals surface area (Å²) in [4.78, 5) is 27.9. The van der Waals surface area contributed by atoms with Gasteiger partial charge in [0.25, 0.3) is 11.8 Å². The molecule has 0 unspecified atom stereocenters. The Morgan fingerprint density at radius 1 is 0.846 bits per heavy atom. The Kier molecular flexibility index (Phi) is 3.03. The van der Waals surface area contributed by atoms with Crippen molar-refractivity contribution in [3.63, 3.8) is 0 Å². The molecule has 0 spiro atoms. The van der Waals surface area contributed by atoms with Crippen LogP contribution in [0.3, 0.4) is 0 Å². The number of amides is 2. The van der Waals surface area contributed by atoms with Crippen molar-refractivity contribution in [3.05, 3.63) is 100 Å². The van der Waals surface area contributed by atoms with E-state index in [1.807, 2.05) is 36.4 Å². The summed E-state index contributed by atoms with van der Waals surface area (Å²) in [6, 6.07) is 21.8. The van der Waals surface area contributed by atoms with E-state index >= 15 is 0 Å². The second-order valence-corrected chi connectivity index (χ2v) is 6.81. The Balaban J connectivity index is 1.90. The monoisotopic (exact) mass is 360 g/mol. The number of nitrogens with one attached hydrogen (secondary N) is 1. The molecule has 5 heteroatoms. The lowest BCUT2D eigenvalue weighted by Crippen LogP contribution is -2.60. The third kappa shape index (κ3) is 1.79. The molecular formula is C21H13ClN2O2. The number of para-hydroxylation sites is 1. The molecule has 0 saturated carbocycles. The van der Waals surface area contributed by atoms with Crippen LogP contribution in [0.2, 0.25) is 5.02 Å². The van der Waals surface area contributed by atoms with Crippen LogP contribution >= 0.6 is 11.6 Å². The Hall–Kier alpha value is -3.11. The Morgan fingerprint density at radius 3 is 2.38 bits per heavy atom. The molecule has 1 N–H and O–H groups in total. The molecule has 3 aromatic carbocycles. The molecule has 2 heterocycles. The van der Waals surface area contributed by atoms with Crippen LogP contribution in [0.25, 0.3) is 0 Å². The fraction of sp³-hybridized carbons (Fsp3) is 0.0476. The number of benzene rings is 3. The number of hydrogen-bond acceptors (Lipinski definition) is 2. The highest BCUT2D eigenvalue weighted by molar-refractivity contribution is 6.30. The van der Waals surface area contributed by atoms with Crippen LogP contribution < -0.4 is 10.2 Å². The molecule has 2 aliphatic heterocycles. The predicted molar refractivity (Wildman–Crippen MR) is 99.4 cm³/mol. The summed E-state index contributed by atoms with van der Waals surface area (Å²) in [7, 11) is 0. The molecule has 26 heavy (non-hydrogen) atoms. The maximum Gasteiger partial charge on any atom is 0.261 e. The van der Waals surface area contributed by atoms with Gasteiger partial charge in [0.1, 0.15) is 0 Å². The van der Waals surface area contributed by atoms with Crippen molar-refractivity contribution in [1.82, 2.24) is 5.32 Å². The SMILES string of the molecule is O=C1N[C@@]2(c3cccc(Cl)c3)c3ccccc3C(=O)N2c2ccccc21. The van der Waals surface area contributed by atoms with Gasteiger partial charge in [-0.2, -0.15) is 0 Å². The number of rotatable bonds is 1. The summed E-state index contributed by atoms with van der Waals surface area (Å²) in [5.74, 6) is -0.366. The molecule has 5 rings (SSSR count). The maximum atomic E-state index is 13.3. The zero-order valence-corrected chi connectivity index (χ0v) is 14.3. The van der Waals surface area contributed by atoms with E-state index in [1.54, 1.807) is 41.3 Å². The van der Waals surface area contributed by atoms with Crippen molar-refractivity contribution in [2.24, 2.45) is 0 Å². The van der Waals surface area contributed by atoms with E-state index in [0.29, 0.717) is 21.8 Å². The molecule has 0 fully saturated rings. The Morgan fingerprint density at radius 2 is 1.58 bits per heavy atom. The summed E-state index contributed by atoms with van der Waals surface area (Å²) in [6.45, 7) is 0. The molecule has 1 atom stereocenters. The molecule has 0 aromatic heterocycles. The predicted octanol–water partition coefficient (Wildman–Crippen LogP) is 3.94. The molecule has 3 aromatic rings. The van der Waals surface area contributed by atoms with E-state index in [4.69, 9.17) is 11.6 Å². The number of anilines is 1. The standard InChI is InChI=1S/C21H13ClN2O2/c22-14-7-5-6-13(12-14)21-17-10-3-1-8-15(17)20(26)24(21)18-11-4-2-9-16(18)19(25)23-21/h1-12H,(H,23,25)/t21-/m1/s1. The first kappa shape index (κ1) is 15.2. The van der Waals surface area contributed by atoms with Gasteiger partial charge in [-0.15, -0.1) is 0 Å². The first-order chi connectivity index (χ1) is 12.6. The van der Waals surface area contributed by atoms with Crippen LogP contribution in [-0.2, 0) is 5.66 Å². The average molecular weight is 361 g/mol. The smallest absolute Gasteiger partial charge is 0.261 e. The normalized spacial score (nSPS) is 20.3. The first-order valence-corrected chi connectivity index (χ1v) is 8.62. The van der Waals surface area contributed by atoms with E-state index in [-0.39, 0.29) is 11.8 Å². The van der Waals surface area contributed by atoms with Gasteiger partial charge in [-0.1, -0.05) is 54.1 Å². The van der Waals surface area contributed by atoms with Gasteiger partial charge in [0.15, 0.2) is 5.66 Å². The van der Waals surface area contributed by atoms with E-state index in [9.17, 15) is 9.59 Å². The van der Waals surface area contributed by atoms with Crippen LogP contribution in [0, 0.1) is 0 Å². The summed E-state index contributed by atoms with van der Waals surface area (Å²) in [6.07, 6.45) is 0. The molecule has 126 valence electrons. The molecule has 0 saturated heterocycles. The van der Waals surface area contributed by atoms with E-state index in [2.05, 4.69) is 5.32 Å². The molecule has 2 amide bonds. The highest BCUT2D eigenvalue weighted by atomic mass is 35.5. The van der Waals surface area contributed by atoms with Crippen LogP contribution in [0.5, 0.6) is 0 Å². The second kappa shape index (κ2) is 5.19. The number of nitrogens with zero attached hydrogens (tertiary/aromatic N) is 1. The van der Waals surface area contributed by atoms with Crippen molar-refractivity contribution in [1.29, 1.82) is 0 Å². The van der Waals surface area contributed by atoms with Gasteiger partial charge in [-0.3, -0.25) is 14.5 Å². The second-order valence-electron chi connectivity index (χ2n) is 6.38. The van der Waals surface area contributed by atoms with Crippen LogP contribution in [0.4, 0.5) is 5.69 Å². The Labute approximate surface area is 155 Å². The zero-order chi connectivity index (χ0) is 17.9. The number of hydrogen-bond donors (Lipinski definition) is 1. The van der Waals surface area contributed by atoms with E-state index in [0.717, 1.165) is 11.1 Å². The average Bonchev–Trinajstić information content (AvgIpc) is 2.92. The quantitative estimate of drug-likeness (QED) is 0.714. The first-order valence-electron chi connectivity index (χ1n) is 8.24. The summed E-state index contributed by atoms with van der Waals surface area (Å²) >= 11 is 6.24. The minimum absolute atomic E-state index is 0.145. The number of fused-ring (bicyclic) bond motifs is 5. The Bertz CT molecular complexity index is 1090. The van der Waals surface area contributed by atoms with E-state index < -0.39 is 5.66 Å². The van der Waals surface area contributed by atoms with Gasteiger partial charge in [-0.05, 0) is 30.3 Å². The zero-order valence-electron chi connectivity index (χ0n) is 13.6. The highest BCUT2D eigenvalue weighted by Gasteiger charge is 2.55. The van der Waals surface area contributed by atoms with Crippen molar-refractivity contribution < 1.29 is 9.59 Å². The minimum atomic E-state index is -1.11. The minimum Gasteiger partial charge on any atom is -0.321 e. The van der Waals surface area contributed by atoms with Gasteiger partial charge >= 0.3 is 0 Å². The topological polar surface area (TPSA) is 49.4 Å². The molecule has 2 aliphatic rings. The summed E-state index contributed by atoms with van der Waals surface area (Å²) < 4.78 is 0. The van der Waals surface area contributed by atoms with E-state index in [1.165, 1.54) is 0 Å². The highest BCUT2D eigenvalue weighted by Crippen LogP contribution is 2.48. The fourth-order valence-corrected chi connectivity index (χ4v) is 4.14. The van der Waals surface area contributed by atoms with Gasteiger partial charge in [-0.25, -0.2) is 0 Å². The van der Waals surface area contributed by atoms with Crippen LogP contribution in [-0.4, -0.2) is 11.8 Å². The molecule has 0 bridgehead atoms. The third-order valence-corrected chi connectivity index (χ3v) is 5.25. The molecule has 0 radical (unpaired) electrons. The van der Waals surface area contributed by atoms with Gasteiger partial charge < -0.3 is 5.32 Å². The number of carbonyl (C=O) groups is 2. The fourth-order valence-electron chi connectivity index (χ4n) is 3.95. The van der Waals surface area contributed by atoms with Crippen molar-refractivity contribution in [3.8, 4) is 0 Å². The molecular weight excluding hydrogens is 348 g/mol. The van der Waals surface area contributed by atoms with Crippen molar-refractivity contribution >= 4 is 29.1 Å². The van der Waals surface area contributed by atoms with Crippen LogP contribution in [0.1, 0.15) is 31.8 Å². The van der Waals surface area contributed by atoms with Crippen molar-refractivity contribution in [2.45, 2.75) is 5.66 Å². The molecule has 4 nitrogen and oxygen atoms in total. The third-order valence-electron chi connectivity index (χ3n) is 5.01. The van der Waals surface area contributed by atoms with Gasteiger partial charge in [0.2, 0.25) is 0 Å². The summed E-state index contributed by atoms with van der Waals surface area (Å²) in [5, 5.41) is 3.63. The maximum absolute atomic E-state index is 13.3. The lowest BCUT2D eigenvalue weighted by molar-refractivity contribution is 0.0878. The van der Waals surface area contributed by atoms with Gasteiger partial charge in [0, 0.05) is 21.7 Å². The number of halogens is 1. The lowest BCUT2D eigenvalue weighted by Gasteiger charge is -2.44. The van der Waals surface area contributed by atoms with Crippen molar-refractivity contribution in [2.75, 3.05) is 4.90 Å². The number of carbonyl (C=O) groups excluding carboxylic acids is 2. The van der Waals surface area contributed by atoms with Gasteiger partial charge in [0.05, 0.1) is 11.3 Å². The largest absolute Gasteiger partial charge is 0.321 e. The summed E-state index contributed by atoms with van der Waals surface area (Å²) in [5.41, 5.74) is 2.03. The lowest BCUT2D eigenvalue weighted by atomic mass is 9.88.